The van der Waals surface area contributed by atoms with Crippen LogP contribution in [-0.4, -0.2) is 32.7 Å². The monoisotopic (exact) mass is 301 g/mol. The summed E-state index contributed by atoms with van der Waals surface area (Å²) in [7, 11) is 3.55. The highest BCUT2D eigenvalue weighted by Crippen LogP contribution is 2.22. The van der Waals surface area contributed by atoms with E-state index in [1.165, 1.54) is 0 Å². The molecule has 1 N–H and O–H groups in total. The first-order valence-corrected chi connectivity index (χ1v) is 7.30. The van der Waals surface area contributed by atoms with Crippen molar-refractivity contribution in [2.45, 2.75) is 6.54 Å². The first-order chi connectivity index (χ1) is 10.1. The maximum atomic E-state index is 12.1. The van der Waals surface area contributed by atoms with Gasteiger partial charge in [0.05, 0.1) is 16.8 Å². The summed E-state index contributed by atoms with van der Waals surface area (Å²) in [6, 6.07) is 9.51. The molecule has 21 heavy (non-hydrogen) atoms. The number of carbonyl (C=O) groups is 1. The molecule has 2 aromatic heterocycles. The van der Waals surface area contributed by atoms with E-state index in [1.807, 2.05) is 24.3 Å². The molecule has 0 bridgehead atoms. The molecule has 3 aromatic rings. The normalized spacial score (nSPS) is 10.8. The zero-order valence-corrected chi connectivity index (χ0v) is 12.6. The number of nitrogens with one attached hydrogen (secondary N) is 1. The molecule has 0 saturated carbocycles. The molecule has 0 saturated heterocycles. The van der Waals surface area contributed by atoms with E-state index in [0.717, 1.165) is 15.2 Å². The van der Waals surface area contributed by atoms with E-state index in [2.05, 4.69) is 15.4 Å². The quantitative estimate of drug-likeness (QED) is 0.809. The van der Waals surface area contributed by atoms with Crippen molar-refractivity contribution < 1.29 is 4.79 Å². The van der Waals surface area contributed by atoms with Gasteiger partial charge >= 0.3 is 6.03 Å². The van der Waals surface area contributed by atoms with Crippen molar-refractivity contribution in [1.29, 1.82) is 0 Å². The summed E-state index contributed by atoms with van der Waals surface area (Å²) in [6.45, 7) is 0.470. The second-order valence-electron chi connectivity index (χ2n) is 4.74. The minimum absolute atomic E-state index is 0.201. The number of carbonyl (C=O) groups excluding carboxylic acids is 1. The molecule has 2 heterocycles. The lowest BCUT2D eigenvalue weighted by Crippen LogP contribution is -2.31. The number of urea groups is 1. The average Bonchev–Trinajstić information content (AvgIpc) is 3.04. The molecule has 0 spiro atoms. The summed E-state index contributed by atoms with van der Waals surface area (Å²) in [5.41, 5.74) is 0.969. The molecule has 0 radical (unpaired) electrons. The standard InChI is InChI=1S/C14H15N5OS/c1-18(14(20)16-12-7-8-19(2)17-12)9-13-15-10-5-3-4-6-11(10)21-13/h3-8H,9H2,1-2H3,(H,16,17,20). The van der Waals surface area contributed by atoms with Crippen LogP contribution in [0, 0.1) is 0 Å². The summed E-state index contributed by atoms with van der Waals surface area (Å²) in [5.74, 6) is 0.540. The van der Waals surface area contributed by atoms with Gasteiger partial charge in [0.1, 0.15) is 5.01 Å². The van der Waals surface area contributed by atoms with E-state index in [9.17, 15) is 4.79 Å². The van der Waals surface area contributed by atoms with Crippen LogP contribution in [0.25, 0.3) is 10.2 Å². The molecule has 0 aliphatic heterocycles. The molecule has 0 aliphatic rings. The maximum absolute atomic E-state index is 12.1. The third-order valence-corrected chi connectivity index (χ3v) is 4.03. The van der Waals surface area contributed by atoms with Gasteiger partial charge in [-0.05, 0) is 12.1 Å². The summed E-state index contributed by atoms with van der Waals surface area (Å²) in [5, 5.41) is 7.78. The Morgan fingerprint density at radius 3 is 2.90 bits per heavy atom. The Morgan fingerprint density at radius 2 is 2.19 bits per heavy atom. The fourth-order valence-corrected chi connectivity index (χ4v) is 2.97. The predicted octanol–water partition coefficient (Wildman–Crippen LogP) is 2.69. The predicted molar refractivity (Wildman–Crippen MR) is 83.3 cm³/mol. The van der Waals surface area contributed by atoms with Gasteiger partial charge < -0.3 is 4.90 Å². The Balaban J connectivity index is 1.67. The molecule has 0 atom stereocenters. The first-order valence-electron chi connectivity index (χ1n) is 6.48. The number of nitrogens with zero attached hydrogens (tertiary/aromatic N) is 4. The second-order valence-corrected chi connectivity index (χ2v) is 5.85. The first kappa shape index (κ1) is 13.6. The maximum Gasteiger partial charge on any atom is 0.323 e. The smallest absolute Gasteiger partial charge is 0.321 e. The molecular formula is C14H15N5OS. The van der Waals surface area contributed by atoms with Crippen LogP contribution in [0.15, 0.2) is 36.5 Å². The van der Waals surface area contributed by atoms with Crippen LogP contribution in [0.3, 0.4) is 0 Å². The lowest BCUT2D eigenvalue weighted by molar-refractivity contribution is 0.220. The number of aromatic nitrogens is 3. The van der Waals surface area contributed by atoms with Crippen LogP contribution in [0.1, 0.15) is 5.01 Å². The van der Waals surface area contributed by atoms with Crippen LogP contribution in [0.4, 0.5) is 10.6 Å². The fraction of sp³-hybridized carbons (Fsp3) is 0.214. The van der Waals surface area contributed by atoms with Crippen LogP contribution >= 0.6 is 11.3 Å². The zero-order chi connectivity index (χ0) is 14.8. The van der Waals surface area contributed by atoms with Gasteiger partial charge in [-0.3, -0.25) is 10.00 Å². The van der Waals surface area contributed by atoms with E-state index in [1.54, 1.807) is 47.3 Å². The van der Waals surface area contributed by atoms with Gasteiger partial charge in [-0.1, -0.05) is 12.1 Å². The Morgan fingerprint density at radius 1 is 1.38 bits per heavy atom. The number of rotatable bonds is 3. The Hall–Kier alpha value is -2.41. The van der Waals surface area contributed by atoms with Gasteiger partial charge in [0.25, 0.3) is 0 Å². The SMILES string of the molecule is CN(Cc1nc2ccccc2s1)C(=O)Nc1ccn(C)n1. The second kappa shape index (κ2) is 5.53. The molecule has 7 heteroatoms. The number of fused-ring (bicyclic) bond motifs is 1. The summed E-state index contributed by atoms with van der Waals surface area (Å²) >= 11 is 1.60. The number of para-hydroxylation sites is 1. The van der Waals surface area contributed by atoms with Gasteiger partial charge in [0.15, 0.2) is 5.82 Å². The Labute approximate surface area is 126 Å². The Bertz CT molecular complexity index is 745. The minimum atomic E-state index is -0.201. The van der Waals surface area contributed by atoms with Gasteiger partial charge in [0, 0.05) is 26.4 Å². The molecule has 3 rings (SSSR count). The summed E-state index contributed by atoms with van der Waals surface area (Å²) < 4.78 is 2.77. The van der Waals surface area contributed by atoms with Crippen molar-refractivity contribution in [1.82, 2.24) is 19.7 Å². The molecule has 6 nitrogen and oxygen atoms in total. The van der Waals surface area contributed by atoms with Crippen molar-refractivity contribution in [2.24, 2.45) is 7.05 Å². The fourth-order valence-electron chi connectivity index (χ4n) is 1.95. The van der Waals surface area contributed by atoms with E-state index >= 15 is 0 Å². The largest absolute Gasteiger partial charge is 0.323 e. The minimum Gasteiger partial charge on any atom is -0.321 e. The van der Waals surface area contributed by atoms with Gasteiger partial charge in [-0.25, -0.2) is 9.78 Å². The number of benzene rings is 1. The molecule has 0 unspecified atom stereocenters. The van der Waals surface area contributed by atoms with Crippen molar-refractivity contribution in [2.75, 3.05) is 12.4 Å². The number of hydrogen-bond donors (Lipinski definition) is 1. The van der Waals surface area contributed by atoms with Gasteiger partial charge in [0.2, 0.25) is 0 Å². The van der Waals surface area contributed by atoms with Crippen molar-refractivity contribution >= 4 is 33.4 Å². The third kappa shape index (κ3) is 3.03. The number of hydrogen-bond acceptors (Lipinski definition) is 4. The van der Waals surface area contributed by atoms with Crippen LogP contribution in [0.5, 0.6) is 0 Å². The summed E-state index contributed by atoms with van der Waals surface area (Å²) in [6.07, 6.45) is 1.78. The van der Waals surface area contributed by atoms with Crippen LogP contribution in [-0.2, 0) is 13.6 Å². The summed E-state index contributed by atoms with van der Waals surface area (Å²) in [4.78, 5) is 18.2. The molecule has 108 valence electrons. The lowest BCUT2D eigenvalue weighted by Gasteiger charge is -2.15. The highest BCUT2D eigenvalue weighted by molar-refractivity contribution is 7.18. The third-order valence-electron chi connectivity index (χ3n) is 3.01. The van der Waals surface area contributed by atoms with Gasteiger partial charge in [-0.15, -0.1) is 11.3 Å². The topological polar surface area (TPSA) is 63.1 Å². The van der Waals surface area contributed by atoms with E-state index < -0.39 is 0 Å². The van der Waals surface area contributed by atoms with Crippen LogP contribution < -0.4 is 5.32 Å². The van der Waals surface area contributed by atoms with E-state index in [4.69, 9.17) is 0 Å². The molecular weight excluding hydrogens is 286 g/mol. The highest BCUT2D eigenvalue weighted by Gasteiger charge is 2.13. The number of amides is 2. The highest BCUT2D eigenvalue weighted by atomic mass is 32.1. The van der Waals surface area contributed by atoms with E-state index in [-0.39, 0.29) is 6.03 Å². The average molecular weight is 301 g/mol. The number of thiazole rings is 1. The number of anilines is 1. The van der Waals surface area contributed by atoms with Crippen molar-refractivity contribution in [3.8, 4) is 0 Å². The lowest BCUT2D eigenvalue weighted by atomic mass is 10.3. The van der Waals surface area contributed by atoms with Gasteiger partial charge in [-0.2, -0.15) is 5.10 Å². The molecule has 0 aliphatic carbocycles. The van der Waals surface area contributed by atoms with Crippen molar-refractivity contribution in [3.63, 3.8) is 0 Å². The van der Waals surface area contributed by atoms with E-state index in [0.29, 0.717) is 12.4 Å². The molecule has 0 fully saturated rings. The van der Waals surface area contributed by atoms with Crippen molar-refractivity contribution in [3.05, 3.63) is 41.5 Å². The zero-order valence-electron chi connectivity index (χ0n) is 11.8. The number of aryl methyl sites for hydroxylation is 1. The molecule has 2 amide bonds. The molecule has 1 aromatic carbocycles. The van der Waals surface area contributed by atoms with Crippen LogP contribution in [0.2, 0.25) is 0 Å². The Kier molecular flexibility index (Phi) is 3.57.